The number of ether oxygens (including phenoxy) is 1. The number of methoxy groups -OCH3 is 1. The van der Waals surface area contributed by atoms with Gasteiger partial charge in [0.15, 0.2) is 11.5 Å². The van der Waals surface area contributed by atoms with Crippen LogP contribution in [0.25, 0.3) is 16.9 Å². The number of nitrogens with one attached hydrogen (secondary N) is 2. The number of nitrogens with zero attached hydrogens (tertiary/aromatic N) is 5. The molecule has 0 bridgehead atoms. The molecule has 4 aromatic heterocycles. The summed E-state index contributed by atoms with van der Waals surface area (Å²) in [4.78, 5) is 10.4. The molecule has 0 amide bonds. The van der Waals surface area contributed by atoms with Crippen molar-refractivity contribution >= 4 is 39.8 Å². The highest BCUT2D eigenvalue weighted by molar-refractivity contribution is 7.99. The highest BCUT2D eigenvalue weighted by Crippen LogP contribution is 2.36. The number of fused-ring (bicyclic) bond motifs is 1. The summed E-state index contributed by atoms with van der Waals surface area (Å²) in [6.45, 7) is 1.96. The monoisotopic (exact) mass is 435 g/mol. The molecule has 2 N–H and O–H groups in total. The zero-order chi connectivity index (χ0) is 20.5. The third-order valence-corrected chi connectivity index (χ3v) is 6.18. The first kappa shape index (κ1) is 18.6. The molecule has 10 heteroatoms. The Bertz CT molecular complexity index is 1310. The van der Waals surface area contributed by atoms with Gasteiger partial charge in [-0.1, -0.05) is 23.9 Å². The van der Waals surface area contributed by atoms with E-state index in [1.165, 1.54) is 23.3 Å². The predicted molar refractivity (Wildman–Crippen MR) is 118 cm³/mol. The van der Waals surface area contributed by atoms with Crippen LogP contribution < -0.4 is 10.1 Å². The lowest BCUT2D eigenvalue weighted by atomic mass is 10.3. The highest BCUT2D eigenvalue weighted by atomic mass is 32.2. The molecular formula is C20H17N7OS2. The second-order valence-electron chi connectivity index (χ2n) is 6.46. The normalized spacial score (nSPS) is 11.1. The van der Waals surface area contributed by atoms with Crippen molar-refractivity contribution in [3.05, 3.63) is 60.8 Å². The molecule has 0 unspecified atom stereocenters. The number of hydrogen-bond acceptors (Lipinski definition) is 8. The van der Waals surface area contributed by atoms with Gasteiger partial charge in [0.2, 0.25) is 0 Å². The molecule has 0 atom stereocenters. The van der Waals surface area contributed by atoms with E-state index in [9.17, 15) is 0 Å². The SMILES string of the molecule is COc1ccccc1Sc1cn2c(-c3cn[nH]c3)cnc2c(Nc2cc(C)ns2)n1. The number of benzene rings is 1. The standard InChI is InChI=1S/C20H17N7OS2/c1-12-7-17(30-26-12)24-19-20-21-10-14(13-8-22-23-9-13)27(20)11-18(25-19)29-16-6-4-3-5-15(16)28-2/h3-11H,1-2H3,(H,22,23)(H,24,25). The molecule has 0 spiro atoms. The van der Waals surface area contributed by atoms with E-state index in [1.54, 1.807) is 13.3 Å². The summed E-state index contributed by atoms with van der Waals surface area (Å²) in [6, 6.07) is 9.87. The maximum atomic E-state index is 5.50. The van der Waals surface area contributed by atoms with Gasteiger partial charge in [-0.25, -0.2) is 9.97 Å². The van der Waals surface area contributed by atoms with Gasteiger partial charge in [0.25, 0.3) is 0 Å². The van der Waals surface area contributed by atoms with Crippen LogP contribution in [0, 0.1) is 6.92 Å². The van der Waals surface area contributed by atoms with Crippen LogP contribution in [0.15, 0.2) is 65.0 Å². The summed E-state index contributed by atoms with van der Waals surface area (Å²) in [5.41, 5.74) is 3.55. The predicted octanol–water partition coefficient (Wildman–Crippen LogP) is 4.79. The maximum Gasteiger partial charge on any atom is 0.181 e. The number of hydrogen-bond donors (Lipinski definition) is 2. The first-order valence-corrected chi connectivity index (χ1v) is 10.7. The Balaban J connectivity index is 1.63. The van der Waals surface area contributed by atoms with E-state index in [-0.39, 0.29) is 0 Å². The molecule has 0 fully saturated rings. The summed E-state index contributed by atoms with van der Waals surface area (Å²) in [7, 11) is 1.67. The van der Waals surface area contributed by atoms with Gasteiger partial charge >= 0.3 is 0 Å². The first-order chi connectivity index (χ1) is 14.7. The molecule has 4 heterocycles. The minimum Gasteiger partial charge on any atom is -0.496 e. The molecule has 5 rings (SSSR count). The van der Waals surface area contributed by atoms with E-state index in [4.69, 9.17) is 9.72 Å². The van der Waals surface area contributed by atoms with Crippen LogP contribution in [-0.4, -0.2) is 36.0 Å². The van der Waals surface area contributed by atoms with Gasteiger partial charge in [0.05, 0.1) is 35.8 Å². The van der Waals surface area contributed by atoms with Gasteiger partial charge in [0.1, 0.15) is 15.8 Å². The fraction of sp³-hybridized carbons (Fsp3) is 0.100. The molecule has 5 aromatic rings. The quantitative estimate of drug-likeness (QED) is 0.396. The van der Waals surface area contributed by atoms with Crippen molar-refractivity contribution in [1.29, 1.82) is 0 Å². The summed E-state index contributed by atoms with van der Waals surface area (Å²) in [5, 5.41) is 12.0. The van der Waals surface area contributed by atoms with E-state index in [0.717, 1.165) is 43.3 Å². The van der Waals surface area contributed by atoms with Crippen LogP contribution in [-0.2, 0) is 0 Å². The molecule has 0 saturated carbocycles. The van der Waals surface area contributed by atoms with Crippen LogP contribution in [0.1, 0.15) is 5.69 Å². The van der Waals surface area contributed by atoms with Crippen molar-refractivity contribution in [2.45, 2.75) is 16.8 Å². The molecule has 0 aliphatic heterocycles. The summed E-state index contributed by atoms with van der Waals surface area (Å²) in [6.07, 6.45) is 7.42. The van der Waals surface area contributed by atoms with E-state index >= 15 is 0 Å². The maximum absolute atomic E-state index is 5.50. The topological polar surface area (TPSA) is 93.0 Å². The van der Waals surface area contributed by atoms with Crippen molar-refractivity contribution in [3.63, 3.8) is 0 Å². The van der Waals surface area contributed by atoms with E-state index < -0.39 is 0 Å². The molecule has 0 aliphatic rings. The molecule has 150 valence electrons. The average Bonchev–Trinajstić information content (AvgIpc) is 3.49. The number of aryl methyl sites for hydroxylation is 1. The fourth-order valence-corrected chi connectivity index (χ4v) is 4.64. The summed E-state index contributed by atoms with van der Waals surface area (Å²) < 4.78 is 11.9. The minimum atomic E-state index is 0.660. The van der Waals surface area contributed by atoms with Crippen molar-refractivity contribution < 1.29 is 4.74 Å². The number of anilines is 2. The van der Waals surface area contributed by atoms with Crippen molar-refractivity contribution in [2.75, 3.05) is 12.4 Å². The van der Waals surface area contributed by atoms with Crippen LogP contribution in [0.5, 0.6) is 5.75 Å². The fourth-order valence-electron chi connectivity index (χ4n) is 3.06. The third-order valence-electron chi connectivity index (χ3n) is 4.42. The third kappa shape index (κ3) is 3.51. The van der Waals surface area contributed by atoms with Crippen LogP contribution in [0.4, 0.5) is 10.8 Å². The minimum absolute atomic E-state index is 0.660. The zero-order valence-electron chi connectivity index (χ0n) is 16.2. The van der Waals surface area contributed by atoms with Crippen LogP contribution in [0.3, 0.4) is 0 Å². The number of aromatic nitrogens is 6. The molecule has 0 saturated heterocycles. The van der Waals surface area contributed by atoms with Gasteiger partial charge in [-0.2, -0.15) is 9.47 Å². The Morgan fingerprint density at radius 3 is 2.90 bits per heavy atom. The van der Waals surface area contributed by atoms with Gasteiger partial charge in [-0.05, 0) is 36.7 Å². The largest absolute Gasteiger partial charge is 0.496 e. The van der Waals surface area contributed by atoms with E-state index in [2.05, 4.69) is 24.9 Å². The highest BCUT2D eigenvalue weighted by Gasteiger charge is 2.16. The number of imidazole rings is 1. The molecule has 0 aliphatic carbocycles. The molecule has 1 aromatic carbocycles. The zero-order valence-corrected chi connectivity index (χ0v) is 17.8. The molecule has 30 heavy (non-hydrogen) atoms. The number of H-pyrrole nitrogens is 1. The molecule has 0 radical (unpaired) electrons. The van der Waals surface area contributed by atoms with Gasteiger partial charge in [0, 0.05) is 18.0 Å². The lowest BCUT2D eigenvalue weighted by Gasteiger charge is -2.11. The number of aromatic amines is 1. The van der Waals surface area contributed by atoms with Crippen molar-refractivity contribution in [1.82, 2.24) is 28.9 Å². The van der Waals surface area contributed by atoms with Crippen LogP contribution in [0.2, 0.25) is 0 Å². The van der Waals surface area contributed by atoms with E-state index in [1.807, 2.05) is 60.2 Å². The number of para-hydroxylation sites is 1. The van der Waals surface area contributed by atoms with Crippen molar-refractivity contribution in [2.24, 2.45) is 0 Å². The Kier molecular flexibility index (Phi) is 4.85. The average molecular weight is 436 g/mol. The summed E-state index contributed by atoms with van der Waals surface area (Å²) >= 11 is 2.93. The smallest absolute Gasteiger partial charge is 0.181 e. The second kappa shape index (κ2) is 7.81. The van der Waals surface area contributed by atoms with Gasteiger partial charge in [-0.3, -0.25) is 9.50 Å². The Labute approximate surface area is 180 Å². The Morgan fingerprint density at radius 2 is 2.13 bits per heavy atom. The van der Waals surface area contributed by atoms with Crippen LogP contribution >= 0.6 is 23.3 Å². The Morgan fingerprint density at radius 1 is 1.23 bits per heavy atom. The van der Waals surface area contributed by atoms with Gasteiger partial charge < -0.3 is 10.1 Å². The second-order valence-corrected chi connectivity index (χ2v) is 8.33. The Hall–Kier alpha value is -3.37. The lowest BCUT2D eigenvalue weighted by molar-refractivity contribution is 0.405. The lowest BCUT2D eigenvalue weighted by Crippen LogP contribution is -2.00. The van der Waals surface area contributed by atoms with Gasteiger partial charge in [-0.15, -0.1) is 0 Å². The molecule has 8 nitrogen and oxygen atoms in total. The first-order valence-electron chi connectivity index (χ1n) is 9.10. The molecular weight excluding hydrogens is 418 g/mol. The number of rotatable bonds is 6. The van der Waals surface area contributed by atoms with Crippen molar-refractivity contribution in [3.8, 4) is 17.0 Å². The summed E-state index contributed by atoms with van der Waals surface area (Å²) in [5.74, 6) is 1.46. The van der Waals surface area contributed by atoms with E-state index in [0.29, 0.717) is 5.82 Å².